The highest BCUT2D eigenvalue weighted by molar-refractivity contribution is 5.94. The Bertz CT molecular complexity index is 317. The third kappa shape index (κ3) is 3.22. The van der Waals surface area contributed by atoms with E-state index < -0.39 is 18.2 Å². The fourth-order valence-corrected chi connectivity index (χ4v) is 1.62. The number of aliphatic hydroxyl groups is 2. The molecule has 8 nitrogen and oxygen atoms in total. The van der Waals surface area contributed by atoms with Gasteiger partial charge in [0.1, 0.15) is 23.5 Å². The van der Waals surface area contributed by atoms with Gasteiger partial charge >= 0.3 is 0 Å². The Labute approximate surface area is 99.6 Å². The minimum atomic E-state index is -0.948. The first-order valence-electron chi connectivity index (χ1n) is 5.36. The van der Waals surface area contributed by atoms with Crippen LogP contribution in [0.25, 0.3) is 0 Å². The zero-order valence-electron chi connectivity index (χ0n) is 9.70. The van der Waals surface area contributed by atoms with E-state index in [1.165, 1.54) is 6.92 Å². The van der Waals surface area contributed by atoms with Gasteiger partial charge in [-0.15, -0.1) is 0 Å². The van der Waals surface area contributed by atoms with Crippen molar-refractivity contribution in [3.63, 3.8) is 0 Å². The second kappa shape index (κ2) is 5.71. The van der Waals surface area contributed by atoms with Crippen LogP contribution in [0.3, 0.4) is 0 Å². The number of hydrogen-bond acceptors (Lipinski definition) is 7. The lowest BCUT2D eigenvalue weighted by Gasteiger charge is -2.34. The number of rotatable bonds is 5. The lowest BCUT2D eigenvalue weighted by Crippen LogP contribution is -2.57. The highest BCUT2D eigenvalue weighted by Crippen LogP contribution is 2.08. The van der Waals surface area contributed by atoms with Gasteiger partial charge in [0.2, 0.25) is 0 Å². The van der Waals surface area contributed by atoms with Crippen LogP contribution in [0.1, 0.15) is 6.92 Å². The molecular weight excluding hydrogens is 224 g/mol. The minimum Gasteiger partial charge on any atom is -0.391 e. The minimum absolute atomic E-state index is 0.170. The molecule has 0 amide bonds. The fraction of sp³-hybridized carbons (Fsp3) is 0.667. The van der Waals surface area contributed by atoms with Crippen LogP contribution in [0, 0.1) is 5.41 Å². The Balaban J connectivity index is 2.81. The first-order chi connectivity index (χ1) is 7.97. The van der Waals surface area contributed by atoms with Gasteiger partial charge in [0.25, 0.3) is 0 Å². The second-order valence-electron chi connectivity index (χ2n) is 3.91. The van der Waals surface area contributed by atoms with Gasteiger partial charge in [-0.05, 0) is 6.92 Å². The van der Waals surface area contributed by atoms with E-state index in [4.69, 9.17) is 16.9 Å². The first kappa shape index (κ1) is 13.6. The summed E-state index contributed by atoms with van der Waals surface area (Å²) in [6.07, 6.45) is -1.82. The molecule has 0 aliphatic carbocycles. The molecule has 8 heteroatoms. The molecule has 3 atom stereocenters. The van der Waals surface area contributed by atoms with Gasteiger partial charge < -0.3 is 37.6 Å². The Morgan fingerprint density at radius 3 is 2.76 bits per heavy atom. The fourth-order valence-electron chi connectivity index (χ4n) is 1.62. The third-order valence-corrected chi connectivity index (χ3v) is 2.53. The Kier molecular flexibility index (Phi) is 4.55. The SMILES string of the molecule is CC(O)C(O)C1CNC(NCN)=C(C(=N)N)N1. The monoisotopic (exact) mass is 244 g/mol. The van der Waals surface area contributed by atoms with Gasteiger partial charge in [-0.2, -0.15) is 0 Å². The highest BCUT2D eigenvalue weighted by Gasteiger charge is 2.29. The van der Waals surface area contributed by atoms with Gasteiger partial charge in [-0.25, -0.2) is 0 Å². The van der Waals surface area contributed by atoms with E-state index in [-0.39, 0.29) is 12.5 Å². The molecule has 0 bridgehead atoms. The van der Waals surface area contributed by atoms with Crippen LogP contribution >= 0.6 is 0 Å². The summed E-state index contributed by atoms with van der Waals surface area (Å²) in [4.78, 5) is 0. The molecule has 17 heavy (non-hydrogen) atoms. The number of nitrogens with two attached hydrogens (primary N) is 2. The molecule has 0 saturated heterocycles. The summed E-state index contributed by atoms with van der Waals surface area (Å²) < 4.78 is 0. The van der Waals surface area contributed by atoms with Crippen molar-refractivity contribution in [3.8, 4) is 0 Å². The average molecular weight is 244 g/mol. The number of nitrogens with one attached hydrogen (secondary N) is 4. The van der Waals surface area contributed by atoms with Crippen LogP contribution in [-0.4, -0.2) is 47.5 Å². The van der Waals surface area contributed by atoms with Crippen molar-refractivity contribution >= 4 is 5.84 Å². The summed E-state index contributed by atoms with van der Waals surface area (Å²) in [5, 5.41) is 35.2. The zero-order chi connectivity index (χ0) is 13.0. The van der Waals surface area contributed by atoms with Crippen molar-refractivity contribution in [1.82, 2.24) is 16.0 Å². The highest BCUT2D eigenvalue weighted by atomic mass is 16.3. The first-order valence-corrected chi connectivity index (χ1v) is 5.36. The molecule has 0 aromatic heterocycles. The molecule has 1 heterocycles. The Morgan fingerprint density at radius 2 is 2.29 bits per heavy atom. The smallest absolute Gasteiger partial charge is 0.143 e. The average Bonchev–Trinajstić information content (AvgIpc) is 2.28. The predicted octanol–water partition coefficient (Wildman–Crippen LogP) is -3.10. The molecule has 98 valence electrons. The molecule has 0 fully saturated rings. The maximum absolute atomic E-state index is 9.74. The Hall–Kier alpha value is -1.51. The van der Waals surface area contributed by atoms with Crippen LogP contribution in [0.4, 0.5) is 0 Å². The molecule has 0 radical (unpaired) electrons. The van der Waals surface area contributed by atoms with Gasteiger partial charge in [-0.3, -0.25) is 5.41 Å². The molecule has 1 rings (SSSR count). The number of hydrogen-bond donors (Lipinski definition) is 8. The van der Waals surface area contributed by atoms with Crippen LogP contribution < -0.4 is 27.4 Å². The standard InChI is InChI=1S/C9H20N6O2/c1-4(16)7(17)5-2-13-9(14-3-10)6(15-5)8(11)12/h4-5,7,13-17H,2-3,10H2,1H3,(H3,11,12). The molecule has 0 saturated carbocycles. The Morgan fingerprint density at radius 1 is 1.65 bits per heavy atom. The van der Waals surface area contributed by atoms with Crippen LogP contribution in [0.2, 0.25) is 0 Å². The van der Waals surface area contributed by atoms with Gasteiger partial charge in [0.15, 0.2) is 0 Å². The number of amidine groups is 1. The van der Waals surface area contributed by atoms with Crippen molar-refractivity contribution in [3.05, 3.63) is 11.5 Å². The lowest BCUT2D eigenvalue weighted by molar-refractivity contribution is 0.00819. The molecule has 10 N–H and O–H groups in total. The van der Waals surface area contributed by atoms with Crippen molar-refractivity contribution in [2.75, 3.05) is 13.2 Å². The summed E-state index contributed by atoms with van der Waals surface area (Å²) in [6, 6.07) is -0.419. The van der Waals surface area contributed by atoms with Gasteiger partial charge in [0, 0.05) is 6.54 Å². The van der Waals surface area contributed by atoms with E-state index >= 15 is 0 Å². The summed E-state index contributed by atoms with van der Waals surface area (Å²) in [7, 11) is 0. The molecule has 0 aromatic rings. The summed E-state index contributed by atoms with van der Waals surface area (Å²) in [6.45, 7) is 2.09. The van der Waals surface area contributed by atoms with Crippen LogP contribution in [-0.2, 0) is 0 Å². The zero-order valence-corrected chi connectivity index (χ0v) is 9.70. The maximum atomic E-state index is 9.74. The van der Waals surface area contributed by atoms with E-state index in [9.17, 15) is 10.2 Å². The van der Waals surface area contributed by atoms with Crippen LogP contribution in [0.15, 0.2) is 11.5 Å². The second-order valence-corrected chi connectivity index (χ2v) is 3.91. The quantitative estimate of drug-likeness (QED) is 0.145. The van der Waals surface area contributed by atoms with E-state index in [1.807, 2.05) is 0 Å². The van der Waals surface area contributed by atoms with Crippen molar-refractivity contribution < 1.29 is 10.2 Å². The molecule has 3 unspecified atom stereocenters. The lowest BCUT2D eigenvalue weighted by atomic mass is 10.0. The molecule has 0 spiro atoms. The largest absolute Gasteiger partial charge is 0.391 e. The summed E-state index contributed by atoms with van der Waals surface area (Å²) in [5.74, 6) is 0.352. The summed E-state index contributed by atoms with van der Waals surface area (Å²) in [5.41, 5.74) is 11.1. The van der Waals surface area contributed by atoms with E-state index in [0.717, 1.165) is 0 Å². The molecule has 1 aliphatic rings. The van der Waals surface area contributed by atoms with Crippen LogP contribution in [0.5, 0.6) is 0 Å². The van der Waals surface area contributed by atoms with E-state index in [1.54, 1.807) is 0 Å². The van der Waals surface area contributed by atoms with Gasteiger partial charge in [-0.1, -0.05) is 0 Å². The third-order valence-electron chi connectivity index (χ3n) is 2.53. The molecular formula is C9H20N6O2. The van der Waals surface area contributed by atoms with Crippen molar-refractivity contribution in [1.29, 1.82) is 5.41 Å². The van der Waals surface area contributed by atoms with Gasteiger partial charge in [0.05, 0.1) is 18.8 Å². The normalized spacial score (nSPS) is 23.4. The summed E-state index contributed by atoms with van der Waals surface area (Å²) >= 11 is 0. The van der Waals surface area contributed by atoms with Crippen molar-refractivity contribution in [2.45, 2.75) is 25.2 Å². The molecule has 1 aliphatic heterocycles. The molecule has 0 aromatic carbocycles. The maximum Gasteiger partial charge on any atom is 0.143 e. The topological polar surface area (TPSA) is 152 Å². The van der Waals surface area contributed by atoms with E-state index in [2.05, 4.69) is 16.0 Å². The number of aliphatic hydroxyl groups excluding tert-OH is 2. The predicted molar refractivity (Wildman–Crippen MR) is 63.7 cm³/mol. The van der Waals surface area contributed by atoms with E-state index in [0.29, 0.717) is 18.1 Å². The van der Waals surface area contributed by atoms with Crippen molar-refractivity contribution in [2.24, 2.45) is 11.5 Å².